The van der Waals surface area contributed by atoms with Crippen molar-refractivity contribution in [3.05, 3.63) is 16.1 Å². The summed E-state index contributed by atoms with van der Waals surface area (Å²) < 4.78 is 11.4. The van der Waals surface area contributed by atoms with Crippen molar-refractivity contribution < 1.29 is 14.3 Å². The van der Waals surface area contributed by atoms with Crippen LogP contribution in [0.1, 0.15) is 37.9 Å². The molecular weight excluding hydrogens is 290 g/mol. The number of hydrogen-bond acceptors (Lipinski definition) is 5. The molecule has 0 saturated carbocycles. The molecule has 0 spiro atoms. The molecule has 1 aliphatic rings. The maximum absolute atomic E-state index is 10.4. The van der Waals surface area contributed by atoms with E-state index in [1.807, 2.05) is 5.38 Å². The molecule has 6 heteroatoms. The summed E-state index contributed by atoms with van der Waals surface area (Å²) in [4.78, 5) is 4.53. The lowest BCUT2D eigenvalue weighted by atomic mass is 10.1. The normalized spacial score (nSPS) is 24.3. The molecule has 0 aromatic carbocycles. The minimum Gasteiger partial charge on any atom is -0.411 e. The fourth-order valence-electron chi connectivity index (χ4n) is 1.78. The smallest absolute Gasteiger partial charge is 0.192 e. The monoisotopic (exact) mass is 315 g/mol. The van der Waals surface area contributed by atoms with Gasteiger partial charge in [-0.05, 0) is 18.1 Å². The summed E-state index contributed by atoms with van der Waals surface area (Å²) in [7, 11) is -1.75. The van der Waals surface area contributed by atoms with Crippen LogP contribution in [0.15, 0.2) is 5.38 Å². The number of rotatable bonds is 4. The summed E-state index contributed by atoms with van der Waals surface area (Å²) >= 11 is 1.50. The molecule has 1 fully saturated rings. The lowest BCUT2D eigenvalue weighted by Gasteiger charge is -2.35. The summed E-state index contributed by atoms with van der Waals surface area (Å²) in [5, 5.41) is 13.4. The van der Waals surface area contributed by atoms with E-state index in [2.05, 4.69) is 38.8 Å². The zero-order chi connectivity index (χ0) is 15.0. The van der Waals surface area contributed by atoms with Crippen LogP contribution < -0.4 is 0 Å². The highest BCUT2D eigenvalue weighted by atomic mass is 32.1. The van der Waals surface area contributed by atoms with Crippen molar-refractivity contribution in [1.29, 1.82) is 0 Å². The molecule has 1 aromatic rings. The molecule has 1 N–H and O–H groups in total. The minimum absolute atomic E-state index is 0.198. The van der Waals surface area contributed by atoms with Gasteiger partial charge >= 0.3 is 0 Å². The molecule has 20 heavy (non-hydrogen) atoms. The number of thiazole rings is 1. The van der Waals surface area contributed by atoms with Gasteiger partial charge in [0.1, 0.15) is 10.6 Å². The van der Waals surface area contributed by atoms with Crippen LogP contribution in [-0.2, 0) is 21.4 Å². The van der Waals surface area contributed by atoms with Crippen molar-refractivity contribution in [2.24, 2.45) is 0 Å². The zero-order valence-corrected chi connectivity index (χ0v) is 14.8. The summed E-state index contributed by atoms with van der Waals surface area (Å²) in [5.41, 5.74) is 0.0232. The van der Waals surface area contributed by atoms with Gasteiger partial charge in [-0.25, -0.2) is 4.98 Å². The molecule has 0 aliphatic carbocycles. The highest BCUT2D eigenvalue weighted by Gasteiger charge is 2.39. The predicted molar refractivity (Wildman–Crippen MR) is 83.4 cm³/mol. The van der Waals surface area contributed by atoms with Crippen LogP contribution in [0.5, 0.6) is 0 Å². The zero-order valence-electron chi connectivity index (χ0n) is 13.0. The van der Waals surface area contributed by atoms with Gasteiger partial charge in [-0.15, -0.1) is 11.3 Å². The van der Waals surface area contributed by atoms with Crippen molar-refractivity contribution in [2.45, 2.75) is 57.5 Å². The second kappa shape index (κ2) is 5.49. The molecule has 0 radical (unpaired) electrons. The number of aromatic nitrogens is 1. The Labute approximate surface area is 126 Å². The van der Waals surface area contributed by atoms with E-state index in [1.54, 1.807) is 0 Å². The van der Waals surface area contributed by atoms with E-state index < -0.39 is 13.9 Å². The highest BCUT2D eigenvalue weighted by molar-refractivity contribution is 7.09. The number of nitrogens with zero attached hydrogens (tertiary/aromatic N) is 1. The van der Waals surface area contributed by atoms with Gasteiger partial charge in [0.05, 0.1) is 18.9 Å². The molecule has 1 saturated heterocycles. The average Bonchev–Trinajstić information content (AvgIpc) is 2.94. The van der Waals surface area contributed by atoms with Gasteiger partial charge < -0.3 is 14.3 Å². The largest absolute Gasteiger partial charge is 0.411 e. The van der Waals surface area contributed by atoms with Crippen molar-refractivity contribution in [1.82, 2.24) is 4.98 Å². The van der Waals surface area contributed by atoms with Gasteiger partial charge in [0, 0.05) is 18.4 Å². The third-order valence-corrected chi connectivity index (χ3v) is 9.90. The third-order valence-electron chi connectivity index (χ3n) is 4.34. The van der Waals surface area contributed by atoms with Gasteiger partial charge in [-0.3, -0.25) is 0 Å². The van der Waals surface area contributed by atoms with Crippen molar-refractivity contribution >= 4 is 19.7 Å². The molecule has 2 rings (SSSR count). The predicted octanol–water partition coefficient (Wildman–Crippen LogP) is 3.27. The van der Waals surface area contributed by atoms with Crippen molar-refractivity contribution in [2.75, 3.05) is 13.2 Å². The minimum atomic E-state index is -1.75. The standard InChI is InChI=1S/C14H25NO3SSi/c1-13(2,3)20(4,5)18-8-11-9-19-12(15-11)14(16)6-7-17-10-14/h9,16H,6-8,10H2,1-5H3. The molecule has 1 atom stereocenters. The van der Waals surface area contributed by atoms with E-state index in [-0.39, 0.29) is 5.04 Å². The van der Waals surface area contributed by atoms with Crippen molar-refractivity contribution in [3.63, 3.8) is 0 Å². The van der Waals surface area contributed by atoms with E-state index >= 15 is 0 Å². The molecule has 4 nitrogen and oxygen atoms in total. The molecule has 0 bridgehead atoms. The van der Waals surface area contributed by atoms with Crippen LogP contribution in [0.4, 0.5) is 0 Å². The SMILES string of the molecule is CC(C)(C)[Si](C)(C)OCc1csc(C2(O)CCOC2)n1. The van der Waals surface area contributed by atoms with Gasteiger partial charge in [0.15, 0.2) is 8.32 Å². The third kappa shape index (κ3) is 3.31. The first-order valence-electron chi connectivity index (χ1n) is 7.03. The van der Waals surface area contributed by atoms with Gasteiger partial charge in [0.25, 0.3) is 0 Å². The highest BCUT2D eigenvalue weighted by Crippen LogP contribution is 2.37. The first-order chi connectivity index (χ1) is 9.14. The Balaban J connectivity index is 2.00. The summed E-state index contributed by atoms with van der Waals surface area (Å²) in [5.74, 6) is 0. The molecule has 0 amide bonds. The topological polar surface area (TPSA) is 51.6 Å². The van der Waals surface area contributed by atoms with E-state index in [1.165, 1.54) is 11.3 Å². The maximum Gasteiger partial charge on any atom is 0.192 e. The summed E-state index contributed by atoms with van der Waals surface area (Å²) in [6.07, 6.45) is 0.628. The first kappa shape index (κ1) is 16.1. The van der Waals surface area contributed by atoms with E-state index in [4.69, 9.17) is 9.16 Å². The maximum atomic E-state index is 10.4. The fourth-order valence-corrected chi connectivity index (χ4v) is 3.64. The van der Waals surface area contributed by atoms with Crippen LogP contribution in [-0.4, -0.2) is 31.6 Å². The number of ether oxygens (including phenoxy) is 1. The molecular formula is C14H25NO3SSi. The molecule has 2 heterocycles. The van der Waals surface area contributed by atoms with Crippen LogP contribution in [0.2, 0.25) is 18.1 Å². The number of hydrogen-bond donors (Lipinski definition) is 1. The van der Waals surface area contributed by atoms with Gasteiger partial charge in [-0.2, -0.15) is 0 Å². The quantitative estimate of drug-likeness (QED) is 0.866. The molecule has 114 valence electrons. The molecule has 1 aliphatic heterocycles. The average molecular weight is 316 g/mol. The summed E-state index contributed by atoms with van der Waals surface area (Å²) in [6.45, 7) is 12.6. The van der Waals surface area contributed by atoms with Crippen LogP contribution in [0.3, 0.4) is 0 Å². The Kier molecular flexibility index (Phi) is 4.42. The molecule has 1 unspecified atom stereocenters. The number of aliphatic hydroxyl groups is 1. The van der Waals surface area contributed by atoms with Gasteiger partial charge in [-0.1, -0.05) is 20.8 Å². The Bertz CT molecular complexity index is 461. The van der Waals surface area contributed by atoms with Gasteiger partial charge in [0.2, 0.25) is 0 Å². The van der Waals surface area contributed by atoms with Crippen LogP contribution in [0, 0.1) is 0 Å². The lowest BCUT2D eigenvalue weighted by Crippen LogP contribution is -2.40. The second-order valence-electron chi connectivity index (χ2n) is 7.03. The molecule has 1 aromatic heterocycles. The van der Waals surface area contributed by atoms with Crippen LogP contribution >= 0.6 is 11.3 Å². The summed E-state index contributed by atoms with van der Waals surface area (Å²) in [6, 6.07) is 0. The van der Waals surface area contributed by atoms with Crippen molar-refractivity contribution in [3.8, 4) is 0 Å². The Morgan fingerprint density at radius 1 is 1.50 bits per heavy atom. The first-order valence-corrected chi connectivity index (χ1v) is 10.8. The van der Waals surface area contributed by atoms with E-state index in [0.29, 0.717) is 26.2 Å². The van der Waals surface area contributed by atoms with E-state index in [9.17, 15) is 5.11 Å². The fraction of sp³-hybridized carbons (Fsp3) is 0.786. The Morgan fingerprint density at radius 2 is 2.20 bits per heavy atom. The Morgan fingerprint density at radius 3 is 2.75 bits per heavy atom. The second-order valence-corrected chi connectivity index (χ2v) is 12.7. The Hall–Kier alpha value is -0.273. The van der Waals surface area contributed by atoms with Crippen LogP contribution in [0.25, 0.3) is 0 Å². The lowest BCUT2D eigenvalue weighted by molar-refractivity contribution is 0.0228. The van der Waals surface area contributed by atoms with E-state index in [0.717, 1.165) is 10.7 Å².